The Bertz CT molecular complexity index is 712. The van der Waals surface area contributed by atoms with Gasteiger partial charge in [0, 0.05) is 42.8 Å². The number of aromatic nitrogens is 1. The van der Waals surface area contributed by atoms with Crippen molar-refractivity contribution in [3.05, 3.63) is 35.0 Å². The van der Waals surface area contributed by atoms with Crippen molar-refractivity contribution in [1.82, 2.24) is 15.2 Å². The average molecular weight is 297 g/mol. The lowest BCUT2D eigenvalue weighted by atomic mass is 9.85. The summed E-state index contributed by atoms with van der Waals surface area (Å²) in [7, 11) is 0. The van der Waals surface area contributed by atoms with Gasteiger partial charge in [0.15, 0.2) is 0 Å². The van der Waals surface area contributed by atoms with Crippen molar-refractivity contribution in [2.45, 2.75) is 32.1 Å². The van der Waals surface area contributed by atoms with E-state index in [0.717, 1.165) is 45.4 Å². The quantitative estimate of drug-likeness (QED) is 0.848. The van der Waals surface area contributed by atoms with Crippen molar-refractivity contribution in [1.29, 1.82) is 0 Å². The zero-order valence-electron chi connectivity index (χ0n) is 13.1. The minimum atomic E-state index is 0.0227. The van der Waals surface area contributed by atoms with E-state index in [1.807, 2.05) is 4.90 Å². The van der Waals surface area contributed by atoms with Gasteiger partial charge >= 0.3 is 0 Å². The molecule has 1 fully saturated rings. The molecule has 4 rings (SSSR count). The second-order valence-corrected chi connectivity index (χ2v) is 6.59. The van der Waals surface area contributed by atoms with Gasteiger partial charge in [-0.1, -0.05) is 11.6 Å². The molecule has 0 saturated carbocycles. The first kappa shape index (κ1) is 13.8. The minimum Gasteiger partial charge on any atom is -0.357 e. The van der Waals surface area contributed by atoms with Crippen molar-refractivity contribution in [3.63, 3.8) is 0 Å². The standard InChI is InChI=1S/C18H23N3O/c1-12-5-6-16-15(11-12)13-3-2-4-14(17(13)20-16)18(22)21-9-7-19-8-10-21/h5-6,11,14,19-20H,2-4,7-10H2,1H3. The van der Waals surface area contributed by atoms with Crippen LogP contribution in [-0.4, -0.2) is 42.0 Å². The number of piperazine rings is 1. The van der Waals surface area contributed by atoms with Gasteiger partial charge in [-0.25, -0.2) is 0 Å². The van der Waals surface area contributed by atoms with Gasteiger partial charge in [0.25, 0.3) is 0 Å². The first-order chi connectivity index (χ1) is 10.7. The Balaban J connectivity index is 1.72. The maximum atomic E-state index is 12.9. The molecule has 22 heavy (non-hydrogen) atoms. The molecule has 2 N–H and O–H groups in total. The molecule has 2 aromatic rings. The molecule has 0 radical (unpaired) electrons. The van der Waals surface area contributed by atoms with Gasteiger partial charge in [-0.15, -0.1) is 0 Å². The Hall–Kier alpha value is -1.81. The molecule has 1 unspecified atom stereocenters. The van der Waals surface area contributed by atoms with Crippen LogP contribution in [-0.2, 0) is 11.2 Å². The lowest BCUT2D eigenvalue weighted by Gasteiger charge is -2.32. The van der Waals surface area contributed by atoms with Crippen LogP contribution in [0.5, 0.6) is 0 Å². The second-order valence-electron chi connectivity index (χ2n) is 6.59. The van der Waals surface area contributed by atoms with Crippen molar-refractivity contribution >= 4 is 16.8 Å². The number of H-pyrrole nitrogens is 1. The average Bonchev–Trinajstić information content (AvgIpc) is 2.93. The molecule has 1 aromatic heterocycles. The van der Waals surface area contributed by atoms with Crippen LogP contribution in [0.3, 0.4) is 0 Å². The number of carbonyl (C=O) groups is 1. The smallest absolute Gasteiger partial charge is 0.231 e. The lowest BCUT2D eigenvalue weighted by molar-refractivity contribution is -0.133. The molecule has 4 nitrogen and oxygen atoms in total. The van der Waals surface area contributed by atoms with Crippen molar-refractivity contribution in [2.24, 2.45) is 0 Å². The summed E-state index contributed by atoms with van der Waals surface area (Å²) in [6, 6.07) is 6.54. The normalized spacial score (nSPS) is 21.9. The second kappa shape index (κ2) is 5.43. The molecular weight excluding hydrogens is 274 g/mol. The number of rotatable bonds is 1. The third kappa shape index (κ3) is 2.22. The first-order valence-electron chi connectivity index (χ1n) is 8.34. The van der Waals surface area contributed by atoms with Gasteiger partial charge in [-0.05, 0) is 43.9 Å². The molecule has 1 aliphatic heterocycles. The summed E-state index contributed by atoms with van der Waals surface area (Å²) < 4.78 is 0. The molecule has 1 atom stereocenters. The number of nitrogens with zero attached hydrogens (tertiary/aromatic N) is 1. The summed E-state index contributed by atoms with van der Waals surface area (Å²) in [4.78, 5) is 18.5. The Morgan fingerprint density at radius 3 is 2.91 bits per heavy atom. The zero-order chi connectivity index (χ0) is 15.1. The molecule has 1 aromatic carbocycles. The molecule has 1 amide bonds. The van der Waals surface area contributed by atoms with Gasteiger partial charge in [0.1, 0.15) is 0 Å². The van der Waals surface area contributed by atoms with Crippen LogP contribution in [0.1, 0.15) is 35.6 Å². The van der Waals surface area contributed by atoms with Crippen LogP contribution in [0, 0.1) is 6.92 Å². The number of hydrogen-bond acceptors (Lipinski definition) is 2. The third-order valence-electron chi connectivity index (χ3n) is 5.09. The van der Waals surface area contributed by atoms with Crippen LogP contribution >= 0.6 is 0 Å². The molecule has 4 heteroatoms. The summed E-state index contributed by atoms with van der Waals surface area (Å²) in [5, 5.41) is 4.63. The van der Waals surface area contributed by atoms with Crippen molar-refractivity contribution in [2.75, 3.05) is 26.2 Å². The Morgan fingerprint density at radius 2 is 2.09 bits per heavy atom. The molecular formula is C18H23N3O. The van der Waals surface area contributed by atoms with Gasteiger partial charge in [0.05, 0.1) is 5.92 Å². The molecule has 1 saturated heterocycles. The number of fused-ring (bicyclic) bond motifs is 3. The van der Waals surface area contributed by atoms with Crippen LogP contribution in [0.4, 0.5) is 0 Å². The minimum absolute atomic E-state index is 0.0227. The largest absolute Gasteiger partial charge is 0.357 e. The van der Waals surface area contributed by atoms with Crippen molar-refractivity contribution < 1.29 is 4.79 Å². The summed E-state index contributed by atoms with van der Waals surface area (Å²) in [6.45, 7) is 5.63. The van der Waals surface area contributed by atoms with Crippen molar-refractivity contribution in [3.8, 4) is 0 Å². The Morgan fingerprint density at radius 1 is 1.27 bits per heavy atom. The maximum absolute atomic E-state index is 12.9. The number of aryl methyl sites for hydroxylation is 2. The van der Waals surface area contributed by atoms with Gasteiger partial charge in [-0.2, -0.15) is 0 Å². The lowest BCUT2D eigenvalue weighted by Crippen LogP contribution is -2.48. The summed E-state index contributed by atoms with van der Waals surface area (Å²) in [6.07, 6.45) is 3.17. The maximum Gasteiger partial charge on any atom is 0.231 e. The fourth-order valence-electron chi connectivity index (χ4n) is 3.93. The highest BCUT2D eigenvalue weighted by Gasteiger charge is 2.32. The Labute approximate surface area is 130 Å². The van der Waals surface area contributed by atoms with E-state index < -0.39 is 0 Å². The van der Waals surface area contributed by atoms with Crippen LogP contribution < -0.4 is 5.32 Å². The summed E-state index contributed by atoms with van der Waals surface area (Å²) in [5.74, 6) is 0.334. The Kier molecular flexibility index (Phi) is 3.41. The van der Waals surface area contributed by atoms with E-state index in [0.29, 0.717) is 5.91 Å². The SMILES string of the molecule is Cc1ccc2[nH]c3c(c2c1)CCCC3C(=O)N1CCNCC1. The molecule has 2 heterocycles. The zero-order valence-corrected chi connectivity index (χ0v) is 13.1. The molecule has 116 valence electrons. The van der Waals surface area contributed by atoms with Gasteiger partial charge in [0.2, 0.25) is 5.91 Å². The number of benzene rings is 1. The highest BCUT2D eigenvalue weighted by atomic mass is 16.2. The van der Waals surface area contributed by atoms with Gasteiger partial charge < -0.3 is 15.2 Å². The molecule has 2 aliphatic rings. The number of carbonyl (C=O) groups excluding carboxylic acids is 1. The highest BCUT2D eigenvalue weighted by Crippen LogP contribution is 2.37. The number of nitrogens with one attached hydrogen (secondary N) is 2. The van der Waals surface area contributed by atoms with E-state index in [1.165, 1.54) is 27.7 Å². The monoisotopic (exact) mass is 297 g/mol. The van der Waals surface area contributed by atoms with E-state index in [9.17, 15) is 4.79 Å². The summed E-state index contributed by atoms with van der Waals surface area (Å²) in [5.41, 5.74) is 5.01. The third-order valence-corrected chi connectivity index (χ3v) is 5.09. The topological polar surface area (TPSA) is 48.1 Å². The van der Waals surface area contributed by atoms with E-state index in [1.54, 1.807) is 0 Å². The first-order valence-corrected chi connectivity index (χ1v) is 8.34. The molecule has 0 bridgehead atoms. The van der Waals surface area contributed by atoms with Crippen LogP contribution in [0.2, 0.25) is 0 Å². The van der Waals surface area contributed by atoms with E-state index in [4.69, 9.17) is 0 Å². The fraction of sp³-hybridized carbons (Fsp3) is 0.500. The van der Waals surface area contributed by atoms with Crippen LogP contribution in [0.15, 0.2) is 18.2 Å². The highest BCUT2D eigenvalue weighted by molar-refractivity contribution is 5.90. The number of aromatic amines is 1. The van der Waals surface area contributed by atoms with Crippen LogP contribution in [0.25, 0.3) is 10.9 Å². The predicted molar refractivity (Wildman–Crippen MR) is 88.2 cm³/mol. The number of amides is 1. The predicted octanol–water partition coefficient (Wildman–Crippen LogP) is 2.33. The van der Waals surface area contributed by atoms with E-state index in [2.05, 4.69) is 35.4 Å². The molecule has 0 spiro atoms. The fourth-order valence-corrected chi connectivity index (χ4v) is 3.93. The van der Waals surface area contributed by atoms with E-state index in [-0.39, 0.29) is 5.92 Å². The van der Waals surface area contributed by atoms with E-state index >= 15 is 0 Å². The molecule has 1 aliphatic carbocycles. The summed E-state index contributed by atoms with van der Waals surface area (Å²) >= 11 is 0. The van der Waals surface area contributed by atoms with Gasteiger partial charge in [-0.3, -0.25) is 4.79 Å². The number of hydrogen-bond donors (Lipinski definition) is 2.